The van der Waals surface area contributed by atoms with E-state index in [2.05, 4.69) is 22.0 Å². The minimum absolute atomic E-state index is 0.0685. The van der Waals surface area contributed by atoms with Gasteiger partial charge in [0.15, 0.2) is 0 Å². The van der Waals surface area contributed by atoms with E-state index in [0.717, 1.165) is 32.6 Å². The molecule has 1 saturated heterocycles. The van der Waals surface area contributed by atoms with Crippen molar-refractivity contribution < 1.29 is 4.79 Å². The van der Waals surface area contributed by atoms with Crippen LogP contribution in [0, 0.1) is 0 Å². The molecular weight excluding hydrogens is 260 g/mol. The molecule has 110 valence electrons. The lowest BCUT2D eigenvalue weighted by Gasteiger charge is -2.37. The largest absolute Gasteiger partial charge is 0.392 e. The molecule has 5 nitrogen and oxygen atoms in total. The Bertz CT molecular complexity index is 316. The molecule has 1 heterocycles. The van der Waals surface area contributed by atoms with E-state index in [1.807, 2.05) is 13.8 Å². The number of amides is 1. The number of nitrogens with two attached hydrogens (primary N) is 1. The van der Waals surface area contributed by atoms with Crippen LogP contribution in [0.5, 0.6) is 0 Å². The summed E-state index contributed by atoms with van der Waals surface area (Å²) in [5, 5.41) is 3.04. The molecule has 1 aliphatic rings. The molecule has 19 heavy (non-hydrogen) atoms. The van der Waals surface area contributed by atoms with Crippen molar-refractivity contribution in [1.29, 1.82) is 0 Å². The Morgan fingerprint density at radius 3 is 2.37 bits per heavy atom. The van der Waals surface area contributed by atoms with Gasteiger partial charge >= 0.3 is 0 Å². The summed E-state index contributed by atoms with van der Waals surface area (Å²) >= 11 is 4.92. The van der Waals surface area contributed by atoms with Crippen molar-refractivity contribution in [2.45, 2.75) is 39.3 Å². The van der Waals surface area contributed by atoms with Gasteiger partial charge in [-0.1, -0.05) is 19.1 Å². The molecule has 0 spiro atoms. The second kappa shape index (κ2) is 7.77. The predicted octanol–water partition coefficient (Wildman–Crippen LogP) is 0.193. The lowest BCUT2D eigenvalue weighted by Crippen LogP contribution is -2.55. The molecule has 0 aromatic carbocycles. The van der Waals surface area contributed by atoms with Crippen LogP contribution in [0.2, 0.25) is 0 Å². The van der Waals surface area contributed by atoms with Crippen molar-refractivity contribution in [3.05, 3.63) is 0 Å². The van der Waals surface area contributed by atoms with Crippen LogP contribution in [0.4, 0.5) is 0 Å². The van der Waals surface area contributed by atoms with E-state index >= 15 is 0 Å². The predicted molar refractivity (Wildman–Crippen MR) is 82.2 cm³/mol. The minimum atomic E-state index is -0.0685. The highest BCUT2D eigenvalue weighted by Gasteiger charge is 2.25. The molecule has 3 N–H and O–H groups in total. The molecule has 0 aromatic heterocycles. The van der Waals surface area contributed by atoms with E-state index in [0.29, 0.717) is 11.5 Å². The Labute approximate surface area is 121 Å². The molecule has 1 rings (SSSR count). The number of hydrogen-bond donors (Lipinski definition) is 2. The van der Waals surface area contributed by atoms with Crippen molar-refractivity contribution in [2.24, 2.45) is 5.73 Å². The van der Waals surface area contributed by atoms with Gasteiger partial charge < -0.3 is 11.1 Å². The topological polar surface area (TPSA) is 61.6 Å². The zero-order valence-electron chi connectivity index (χ0n) is 12.2. The molecule has 2 atom stereocenters. The van der Waals surface area contributed by atoms with Crippen LogP contribution in [0.15, 0.2) is 0 Å². The van der Waals surface area contributed by atoms with Crippen LogP contribution < -0.4 is 11.1 Å². The standard InChI is InChI=1S/C13H26N4OS/c1-4-10(2)15-13(18)11(3)17-7-5-16(6-8-17)9-12(14)19/h10-11H,4-9H2,1-3H3,(H2,14,19)(H,15,18). The van der Waals surface area contributed by atoms with Crippen LogP contribution in [0.25, 0.3) is 0 Å². The smallest absolute Gasteiger partial charge is 0.237 e. The Morgan fingerprint density at radius 1 is 1.32 bits per heavy atom. The van der Waals surface area contributed by atoms with Gasteiger partial charge in [0.05, 0.1) is 11.0 Å². The van der Waals surface area contributed by atoms with Gasteiger partial charge in [0, 0.05) is 38.8 Å². The summed E-state index contributed by atoms with van der Waals surface area (Å²) in [6.07, 6.45) is 0.959. The Hall–Kier alpha value is -0.720. The first-order valence-electron chi connectivity index (χ1n) is 6.99. The van der Waals surface area contributed by atoms with Gasteiger partial charge in [0.1, 0.15) is 0 Å². The number of nitrogens with zero attached hydrogens (tertiary/aromatic N) is 2. The Kier molecular flexibility index (Phi) is 6.68. The van der Waals surface area contributed by atoms with E-state index in [4.69, 9.17) is 18.0 Å². The highest BCUT2D eigenvalue weighted by Crippen LogP contribution is 2.07. The maximum atomic E-state index is 12.1. The molecule has 1 aliphatic heterocycles. The van der Waals surface area contributed by atoms with Gasteiger partial charge in [-0.15, -0.1) is 0 Å². The third-order valence-electron chi connectivity index (χ3n) is 3.71. The average Bonchev–Trinajstić information content (AvgIpc) is 2.37. The normalized spacial score (nSPS) is 20.8. The van der Waals surface area contributed by atoms with E-state index in [1.165, 1.54) is 0 Å². The summed E-state index contributed by atoms with van der Waals surface area (Å²) in [6, 6.07) is 0.173. The van der Waals surface area contributed by atoms with Crippen LogP contribution in [0.1, 0.15) is 27.2 Å². The number of carbonyl (C=O) groups excluding carboxylic acids is 1. The molecule has 0 radical (unpaired) electrons. The summed E-state index contributed by atoms with van der Waals surface area (Å²) in [5.74, 6) is 0.122. The summed E-state index contributed by atoms with van der Waals surface area (Å²) in [6.45, 7) is 10.4. The number of rotatable bonds is 6. The molecule has 1 fully saturated rings. The fraction of sp³-hybridized carbons (Fsp3) is 0.846. The van der Waals surface area contributed by atoms with Gasteiger partial charge in [-0.05, 0) is 20.3 Å². The van der Waals surface area contributed by atoms with Crippen molar-refractivity contribution in [1.82, 2.24) is 15.1 Å². The summed E-state index contributed by atoms with van der Waals surface area (Å²) in [7, 11) is 0. The van der Waals surface area contributed by atoms with Crippen molar-refractivity contribution >= 4 is 23.1 Å². The molecule has 0 aliphatic carbocycles. The quantitative estimate of drug-likeness (QED) is 0.683. The molecular formula is C13H26N4OS. The maximum absolute atomic E-state index is 12.1. The van der Waals surface area contributed by atoms with Crippen molar-refractivity contribution in [2.75, 3.05) is 32.7 Å². The van der Waals surface area contributed by atoms with E-state index in [1.54, 1.807) is 0 Å². The number of hydrogen-bond acceptors (Lipinski definition) is 4. The van der Waals surface area contributed by atoms with Crippen LogP contribution in [0.3, 0.4) is 0 Å². The van der Waals surface area contributed by atoms with E-state index in [-0.39, 0.29) is 18.0 Å². The first-order valence-corrected chi connectivity index (χ1v) is 7.40. The third-order valence-corrected chi connectivity index (χ3v) is 3.84. The molecule has 6 heteroatoms. The van der Waals surface area contributed by atoms with Gasteiger partial charge in [0.25, 0.3) is 0 Å². The average molecular weight is 286 g/mol. The lowest BCUT2D eigenvalue weighted by atomic mass is 10.2. The highest BCUT2D eigenvalue weighted by atomic mass is 32.1. The molecule has 0 bridgehead atoms. The number of thiocarbonyl (C=S) groups is 1. The number of piperazine rings is 1. The second-order valence-corrected chi connectivity index (χ2v) is 5.80. The zero-order chi connectivity index (χ0) is 14.4. The van der Waals surface area contributed by atoms with Crippen molar-refractivity contribution in [3.8, 4) is 0 Å². The summed E-state index contributed by atoms with van der Waals surface area (Å²) in [4.78, 5) is 17.1. The monoisotopic (exact) mass is 286 g/mol. The molecule has 1 amide bonds. The highest BCUT2D eigenvalue weighted by molar-refractivity contribution is 7.80. The number of carbonyl (C=O) groups is 1. The Morgan fingerprint density at radius 2 is 1.89 bits per heavy atom. The van der Waals surface area contributed by atoms with E-state index < -0.39 is 0 Å². The fourth-order valence-electron chi connectivity index (χ4n) is 2.16. The first-order chi connectivity index (χ1) is 8.93. The van der Waals surface area contributed by atoms with Gasteiger partial charge in [-0.25, -0.2) is 0 Å². The van der Waals surface area contributed by atoms with Gasteiger partial charge in [-0.3, -0.25) is 14.6 Å². The van der Waals surface area contributed by atoms with Crippen LogP contribution >= 0.6 is 12.2 Å². The molecule has 2 unspecified atom stereocenters. The maximum Gasteiger partial charge on any atom is 0.237 e. The third kappa shape index (κ3) is 5.42. The SMILES string of the molecule is CCC(C)NC(=O)C(C)N1CCN(CC(N)=S)CC1. The second-order valence-electron chi connectivity index (χ2n) is 5.27. The Balaban J connectivity index is 2.37. The van der Waals surface area contributed by atoms with Crippen LogP contribution in [-0.2, 0) is 4.79 Å². The first kappa shape index (κ1) is 16.3. The fourth-order valence-corrected chi connectivity index (χ4v) is 2.34. The summed E-state index contributed by atoms with van der Waals surface area (Å²) < 4.78 is 0. The van der Waals surface area contributed by atoms with Gasteiger partial charge in [0.2, 0.25) is 5.91 Å². The zero-order valence-corrected chi connectivity index (χ0v) is 13.0. The summed E-state index contributed by atoms with van der Waals surface area (Å²) in [5.41, 5.74) is 5.55. The number of nitrogens with one attached hydrogen (secondary N) is 1. The van der Waals surface area contributed by atoms with Crippen molar-refractivity contribution in [3.63, 3.8) is 0 Å². The van der Waals surface area contributed by atoms with E-state index in [9.17, 15) is 4.79 Å². The lowest BCUT2D eigenvalue weighted by molar-refractivity contribution is -0.127. The van der Waals surface area contributed by atoms with Gasteiger partial charge in [-0.2, -0.15) is 0 Å². The molecule has 0 saturated carbocycles. The van der Waals surface area contributed by atoms with Crippen LogP contribution in [-0.4, -0.2) is 65.5 Å². The molecule has 0 aromatic rings. The minimum Gasteiger partial charge on any atom is -0.392 e.